The molecule has 3 heteroatoms. The van der Waals surface area contributed by atoms with Gasteiger partial charge in [0.25, 0.3) is 0 Å². The molecule has 0 fully saturated rings. The van der Waals surface area contributed by atoms with Crippen molar-refractivity contribution in [3.8, 4) is 0 Å². The standard InChI is InChI=1S/C7H9IN2/c8-10(9)6-7-4-2-1-3-5-7/h1-5H,6,9H2. The topological polar surface area (TPSA) is 29.3 Å². The van der Waals surface area contributed by atoms with Crippen molar-refractivity contribution in [1.82, 2.24) is 3.22 Å². The van der Waals surface area contributed by atoms with Crippen molar-refractivity contribution in [2.45, 2.75) is 6.54 Å². The summed E-state index contributed by atoms with van der Waals surface area (Å²) in [7, 11) is 0. The zero-order valence-electron chi connectivity index (χ0n) is 5.50. The number of hydrogen-bond donors (Lipinski definition) is 1. The summed E-state index contributed by atoms with van der Waals surface area (Å²) >= 11 is 2.06. The second-order valence-electron chi connectivity index (χ2n) is 2.04. The van der Waals surface area contributed by atoms with E-state index in [0.717, 1.165) is 6.54 Å². The molecular weight excluding hydrogens is 239 g/mol. The van der Waals surface area contributed by atoms with Crippen LogP contribution in [0.25, 0.3) is 0 Å². The molecule has 0 spiro atoms. The summed E-state index contributed by atoms with van der Waals surface area (Å²) < 4.78 is 1.63. The van der Waals surface area contributed by atoms with Crippen LogP contribution in [0.2, 0.25) is 0 Å². The van der Waals surface area contributed by atoms with Gasteiger partial charge < -0.3 is 0 Å². The highest BCUT2D eigenvalue weighted by atomic mass is 127. The van der Waals surface area contributed by atoms with Gasteiger partial charge in [-0.05, 0) is 5.56 Å². The molecule has 0 aliphatic heterocycles. The Kier molecular flexibility index (Phi) is 3.11. The molecule has 10 heavy (non-hydrogen) atoms. The van der Waals surface area contributed by atoms with E-state index in [9.17, 15) is 0 Å². The van der Waals surface area contributed by atoms with Crippen molar-refractivity contribution in [3.05, 3.63) is 35.9 Å². The number of rotatable bonds is 2. The van der Waals surface area contributed by atoms with Crippen molar-refractivity contribution >= 4 is 22.9 Å². The van der Waals surface area contributed by atoms with Crippen LogP contribution in [0, 0.1) is 0 Å². The Morgan fingerprint density at radius 1 is 1.30 bits per heavy atom. The van der Waals surface area contributed by atoms with Crippen LogP contribution in [-0.4, -0.2) is 3.22 Å². The van der Waals surface area contributed by atoms with Crippen LogP contribution in [0.5, 0.6) is 0 Å². The SMILES string of the molecule is NN(I)Cc1ccccc1. The second kappa shape index (κ2) is 3.90. The highest BCUT2D eigenvalue weighted by Crippen LogP contribution is 2.03. The number of hydrazine groups is 1. The van der Waals surface area contributed by atoms with Gasteiger partial charge in [-0.25, -0.2) is 0 Å². The van der Waals surface area contributed by atoms with E-state index >= 15 is 0 Å². The van der Waals surface area contributed by atoms with Gasteiger partial charge in [-0.3, -0.25) is 5.84 Å². The third-order valence-corrected chi connectivity index (χ3v) is 1.52. The van der Waals surface area contributed by atoms with Gasteiger partial charge in [-0.15, -0.1) is 0 Å². The number of benzene rings is 1. The van der Waals surface area contributed by atoms with Crippen LogP contribution in [0.4, 0.5) is 0 Å². The summed E-state index contributed by atoms with van der Waals surface area (Å²) in [5.74, 6) is 5.44. The minimum absolute atomic E-state index is 0.793. The molecule has 1 rings (SSSR count). The maximum atomic E-state index is 5.44. The lowest BCUT2D eigenvalue weighted by Gasteiger charge is -2.05. The van der Waals surface area contributed by atoms with Crippen LogP contribution in [-0.2, 0) is 6.54 Å². The molecular formula is C7H9IN2. The summed E-state index contributed by atoms with van der Waals surface area (Å²) in [6.45, 7) is 0.793. The van der Waals surface area contributed by atoms with E-state index in [-0.39, 0.29) is 0 Å². The van der Waals surface area contributed by atoms with E-state index in [2.05, 4.69) is 35.0 Å². The van der Waals surface area contributed by atoms with E-state index in [0.29, 0.717) is 0 Å². The molecule has 54 valence electrons. The van der Waals surface area contributed by atoms with Crippen LogP contribution in [0.1, 0.15) is 5.56 Å². The lowest BCUT2D eigenvalue weighted by atomic mass is 10.2. The van der Waals surface area contributed by atoms with Crippen LogP contribution < -0.4 is 5.84 Å². The van der Waals surface area contributed by atoms with Gasteiger partial charge >= 0.3 is 0 Å². The average Bonchev–Trinajstić information content (AvgIpc) is 1.88. The molecule has 0 atom stereocenters. The molecule has 0 heterocycles. The molecule has 0 radical (unpaired) electrons. The highest BCUT2D eigenvalue weighted by molar-refractivity contribution is 14.1. The predicted octanol–water partition coefficient (Wildman–Crippen LogP) is 1.71. The quantitative estimate of drug-likeness (QED) is 0.373. The van der Waals surface area contributed by atoms with E-state index in [1.165, 1.54) is 5.56 Å². The Morgan fingerprint density at radius 2 is 1.90 bits per heavy atom. The maximum Gasteiger partial charge on any atom is 0.0484 e. The summed E-state index contributed by atoms with van der Waals surface area (Å²) in [5.41, 5.74) is 1.24. The van der Waals surface area contributed by atoms with Gasteiger partial charge in [0.05, 0.1) is 0 Å². The predicted molar refractivity (Wildman–Crippen MR) is 50.2 cm³/mol. The normalized spacial score (nSPS) is 10.3. The van der Waals surface area contributed by atoms with Crippen molar-refractivity contribution in [1.29, 1.82) is 0 Å². The van der Waals surface area contributed by atoms with Crippen LogP contribution in [0.3, 0.4) is 0 Å². The van der Waals surface area contributed by atoms with Gasteiger partial charge in [0, 0.05) is 29.4 Å². The molecule has 2 nitrogen and oxygen atoms in total. The zero-order valence-corrected chi connectivity index (χ0v) is 7.65. The largest absolute Gasteiger partial charge is 0.259 e. The van der Waals surface area contributed by atoms with E-state index in [1.807, 2.05) is 18.2 Å². The number of hydrogen-bond acceptors (Lipinski definition) is 2. The Bertz CT molecular complexity index is 186. The molecule has 1 aromatic rings. The number of halogens is 1. The van der Waals surface area contributed by atoms with Gasteiger partial charge in [0.2, 0.25) is 0 Å². The van der Waals surface area contributed by atoms with Crippen molar-refractivity contribution in [2.24, 2.45) is 5.84 Å². The van der Waals surface area contributed by atoms with Crippen molar-refractivity contribution < 1.29 is 0 Å². The fourth-order valence-electron chi connectivity index (χ4n) is 0.758. The summed E-state index contributed by atoms with van der Waals surface area (Å²) in [6, 6.07) is 10.1. The first-order valence-electron chi connectivity index (χ1n) is 3.01. The van der Waals surface area contributed by atoms with E-state index in [4.69, 9.17) is 5.84 Å². The van der Waals surface area contributed by atoms with Crippen LogP contribution >= 0.6 is 22.9 Å². The Balaban J connectivity index is 2.59. The average molecular weight is 248 g/mol. The maximum absolute atomic E-state index is 5.44. The third kappa shape index (κ3) is 2.64. The van der Waals surface area contributed by atoms with Crippen LogP contribution in [0.15, 0.2) is 30.3 Å². The smallest absolute Gasteiger partial charge is 0.0484 e. The van der Waals surface area contributed by atoms with Crippen molar-refractivity contribution in [3.63, 3.8) is 0 Å². The molecule has 0 aliphatic rings. The molecule has 0 unspecified atom stereocenters. The lowest BCUT2D eigenvalue weighted by molar-refractivity contribution is 0.537. The first-order chi connectivity index (χ1) is 4.79. The Labute approximate surface area is 74.5 Å². The molecule has 1 aromatic carbocycles. The van der Waals surface area contributed by atoms with Gasteiger partial charge in [0.1, 0.15) is 0 Å². The minimum atomic E-state index is 0.793. The fraction of sp³-hybridized carbons (Fsp3) is 0.143. The lowest BCUT2D eigenvalue weighted by Crippen LogP contribution is -2.17. The summed E-state index contributed by atoms with van der Waals surface area (Å²) in [5, 5.41) is 0. The molecule has 0 saturated carbocycles. The second-order valence-corrected chi connectivity index (χ2v) is 3.28. The fourth-order valence-corrected chi connectivity index (χ4v) is 1.15. The first-order valence-corrected chi connectivity index (χ1v) is 3.97. The first kappa shape index (κ1) is 7.97. The Hall–Kier alpha value is -0.130. The van der Waals surface area contributed by atoms with Gasteiger partial charge in [0.15, 0.2) is 0 Å². The molecule has 0 aromatic heterocycles. The zero-order chi connectivity index (χ0) is 7.40. The molecule has 0 amide bonds. The molecule has 0 aliphatic carbocycles. The van der Waals surface area contributed by atoms with Crippen molar-refractivity contribution in [2.75, 3.05) is 0 Å². The van der Waals surface area contributed by atoms with E-state index in [1.54, 1.807) is 3.22 Å². The molecule has 2 N–H and O–H groups in total. The number of nitrogens with two attached hydrogens (primary N) is 1. The third-order valence-electron chi connectivity index (χ3n) is 1.18. The summed E-state index contributed by atoms with van der Waals surface area (Å²) in [4.78, 5) is 0. The minimum Gasteiger partial charge on any atom is -0.259 e. The molecule has 0 saturated heterocycles. The Morgan fingerprint density at radius 3 is 2.40 bits per heavy atom. The monoisotopic (exact) mass is 248 g/mol. The number of nitrogens with zero attached hydrogens (tertiary/aromatic N) is 1. The molecule has 0 bridgehead atoms. The van der Waals surface area contributed by atoms with Gasteiger partial charge in [-0.1, -0.05) is 30.3 Å². The van der Waals surface area contributed by atoms with Gasteiger partial charge in [-0.2, -0.15) is 3.22 Å². The summed E-state index contributed by atoms with van der Waals surface area (Å²) in [6.07, 6.45) is 0. The van der Waals surface area contributed by atoms with E-state index < -0.39 is 0 Å². The highest BCUT2D eigenvalue weighted by Gasteiger charge is 1.92.